The van der Waals surface area contributed by atoms with E-state index in [1.54, 1.807) is 6.07 Å². The molecule has 1 aliphatic rings. The van der Waals surface area contributed by atoms with Gasteiger partial charge in [0.2, 0.25) is 10.0 Å². The molecule has 6 heteroatoms. The lowest BCUT2D eigenvalue weighted by Gasteiger charge is -2.31. The predicted molar refractivity (Wildman–Crippen MR) is 96.2 cm³/mol. The lowest BCUT2D eigenvalue weighted by Crippen LogP contribution is -3.14. The van der Waals surface area contributed by atoms with Crippen molar-refractivity contribution in [1.29, 1.82) is 0 Å². The number of piperazine rings is 1. The third-order valence-corrected chi connectivity index (χ3v) is 6.33. The van der Waals surface area contributed by atoms with Crippen LogP contribution in [0.5, 0.6) is 0 Å². The summed E-state index contributed by atoms with van der Waals surface area (Å²) in [6.45, 7) is 3.10. The minimum absolute atomic E-state index is 0.234. The quantitative estimate of drug-likeness (QED) is 0.875. The molecule has 0 radical (unpaired) electrons. The fourth-order valence-corrected chi connectivity index (χ4v) is 4.47. The molecular formula is C19H22FN2O2S+. The first-order valence-corrected chi connectivity index (χ1v) is 9.81. The summed E-state index contributed by atoms with van der Waals surface area (Å²) in [5.74, 6) is -0.692. The zero-order chi connectivity index (χ0) is 17.7. The molecular weight excluding hydrogens is 339 g/mol. The minimum atomic E-state index is -3.75. The molecule has 0 saturated carbocycles. The Bertz CT molecular complexity index is 830. The number of quaternary nitrogens is 1. The van der Waals surface area contributed by atoms with E-state index in [2.05, 4.69) is 12.2 Å². The van der Waals surface area contributed by atoms with Gasteiger partial charge in [-0.05, 0) is 23.8 Å². The summed E-state index contributed by atoms with van der Waals surface area (Å²) in [5.41, 5.74) is 1.16. The first kappa shape index (κ1) is 17.8. The molecule has 2 aromatic carbocycles. The highest BCUT2D eigenvalue weighted by Crippen LogP contribution is 2.18. The first-order chi connectivity index (χ1) is 12.1. The summed E-state index contributed by atoms with van der Waals surface area (Å²) >= 11 is 0. The van der Waals surface area contributed by atoms with Crippen LogP contribution >= 0.6 is 0 Å². The van der Waals surface area contributed by atoms with Crippen LogP contribution in [0.15, 0.2) is 65.6 Å². The Balaban J connectivity index is 1.57. The van der Waals surface area contributed by atoms with Gasteiger partial charge in [0, 0.05) is 0 Å². The summed E-state index contributed by atoms with van der Waals surface area (Å²) in [6.07, 6.45) is 4.20. The maximum atomic E-state index is 13.8. The molecule has 0 aromatic heterocycles. The van der Waals surface area contributed by atoms with Crippen molar-refractivity contribution >= 4 is 16.1 Å². The molecule has 1 heterocycles. The van der Waals surface area contributed by atoms with Gasteiger partial charge in [-0.25, -0.2) is 12.8 Å². The van der Waals surface area contributed by atoms with Crippen LogP contribution < -0.4 is 4.90 Å². The SMILES string of the molecule is O=S(=O)(c1ccccc1F)N1CC[NH+](C/C=C/c2ccccc2)CC1. The standard InChI is InChI=1S/C19H21FN2O2S/c20-18-10-4-5-11-19(18)25(23,24)22-15-13-21(14-16-22)12-6-9-17-7-2-1-3-8-17/h1-11H,12-16H2/p+1/b9-6+. The Morgan fingerprint density at radius 3 is 2.32 bits per heavy atom. The van der Waals surface area contributed by atoms with Crippen molar-refractivity contribution < 1.29 is 17.7 Å². The van der Waals surface area contributed by atoms with Gasteiger partial charge in [-0.15, -0.1) is 0 Å². The van der Waals surface area contributed by atoms with Crippen molar-refractivity contribution in [3.63, 3.8) is 0 Å². The lowest BCUT2D eigenvalue weighted by atomic mass is 10.2. The van der Waals surface area contributed by atoms with Gasteiger partial charge in [0.05, 0.1) is 32.7 Å². The van der Waals surface area contributed by atoms with Gasteiger partial charge in [0.25, 0.3) is 0 Å². The van der Waals surface area contributed by atoms with Crippen molar-refractivity contribution in [1.82, 2.24) is 4.31 Å². The van der Waals surface area contributed by atoms with Crippen LogP contribution in [-0.2, 0) is 10.0 Å². The second-order valence-electron chi connectivity index (χ2n) is 6.10. The number of hydrogen-bond donors (Lipinski definition) is 1. The second-order valence-corrected chi connectivity index (χ2v) is 8.01. The number of benzene rings is 2. The smallest absolute Gasteiger partial charge is 0.246 e. The average Bonchev–Trinajstić information content (AvgIpc) is 2.63. The van der Waals surface area contributed by atoms with Gasteiger partial charge in [-0.1, -0.05) is 48.5 Å². The summed E-state index contributed by atoms with van der Waals surface area (Å²) in [5, 5.41) is 0. The van der Waals surface area contributed by atoms with Crippen molar-refractivity contribution in [2.45, 2.75) is 4.90 Å². The Hall–Kier alpha value is -2.02. The van der Waals surface area contributed by atoms with Crippen LogP contribution in [0.25, 0.3) is 6.08 Å². The van der Waals surface area contributed by atoms with Crippen molar-refractivity contribution in [2.24, 2.45) is 0 Å². The largest absolute Gasteiger partial charge is 0.329 e. The number of nitrogens with one attached hydrogen (secondary N) is 1. The van der Waals surface area contributed by atoms with Gasteiger partial charge in [-0.3, -0.25) is 0 Å². The highest BCUT2D eigenvalue weighted by molar-refractivity contribution is 7.89. The second kappa shape index (κ2) is 7.91. The normalized spacial score (nSPS) is 17.2. The topological polar surface area (TPSA) is 41.8 Å². The van der Waals surface area contributed by atoms with Gasteiger partial charge in [0.1, 0.15) is 10.7 Å². The fraction of sp³-hybridized carbons (Fsp3) is 0.263. The first-order valence-electron chi connectivity index (χ1n) is 8.37. The number of rotatable bonds is 5. The highest BCUT2D eigenvalue weighted by Gasteiger charge is 2.31. The summed E-state index contributed by atoms with van der Waals surface area (Å²) < 4.78 is 40.4. The lowest BCUT2D eigenvalue weighted by molar-refractivity contribution is -0.897. The maximum absolute atomic E-state index is 13.8. The molecule has 1 saturated heterocycles. The van der Waals surface area contributed by atoms with Crippen LogP contribution in [0.4, 0.5) is 4.39 Å². The molecule has 1 N–H and O–H groups in total. The minimum Gasteiger partial charge on any atom is -0.329 e. The van der Waals surface area contributed by atoms with E-state index in [1.807, 2.05) is 30.3 Å². The van der Waals surface area contributed by atoms with E-state index in [0.29, 0.717) is 26.2 Å². The molecule has 3 rings (SSSR count). The molecule has 2 aromatic rings. The van der Waals surface area contributed by atoms with Crippen LogP contribution in [0.2, 0.25) is 0 Å². The van der Waals surface area contributed by atoms with E-state index in [0.717, 1.165) is 12.1 Å². The molecule has 0 spiro atoms. The Morgan fingerprint density at radius 2 is 1.64 bits per heavy atom. The summed E-state index contributed by atoms with van der Waals surface area (Å²) in [4.78, 5) is 1.09. The molecule has 25 heavy (non-hydrogen) atoms. The van der Waals surface area contributed by atoms with E-state index in [1.165, 1.54) is 27.4 Å². The molecule has 132 valence electrons. The Labute approximate surface area is 148 Å². The zero-order valence-corrected chi connectivity index (χ0v) is 14.8. The third kappa shape index (κ3) is 4.34. The summed E-state index contributed by atoms with van der Waals surface area (Å²) in [7, 11) is -3.75. The molecule has 4 nitrogen and oxygen atoms in total. The zero-order valence-electron chi connectivity index (χ0n) is 13.9. The van der Waals surface area contributed by atoms with E-state index < -0.39 is 15.8 Å². The average molecular weight is 361 g/mol. The van der Waals surface area contributed by atoms with E-state index >= 15 is 0 Å². The van der Waals surface area contributed by atoms with Crippen molar-refractivity contribution in [2.75, 3.05) is 32.7 Å². The molecule has 0 atom stereocenters. The highest BCUT2D eigenvalue weighted by atomic mass is 32.2. The van der Waals surface area contributed by atoms with Crippen LogP contribution in [0, 0.1) is 5.82 Å². The van der Waals surface area contributed by atoms with Gasteiger partial charge in [-0.2, -0.15) is 4.31 Å². The van der Waals surface area contributed by atoms with Gasteiger partial charge >= 0.3 is 0 Å². The number of nitrogens with zero attached hydrogens (tertiary/aromatic N) is 1. The van der Waals surface area contributed by atoms with E-state index in [-0.39, 0.29) is 4.90 Å². The number of halogens is 1. The van der Waals surface area contributed by atoms with E-state index in [9.17, 15) is 12.8 Å². The predicted octanol–water partition coefficient (Wildman–Crippen LogP) is 1.43. The van der Waals surface area contributed by atoms with Gasteiger partial charge in [0.15, 0.2) is 0 Å². The van der Waals surface area contributed by atoms with Gasteiger partial charge < -0.3 is 4.90 Å². The molecule has 0 aliphatic carbocycles. The molecule has 1 fully saturated rings. The monoisotopic (exact) mass is 361 g/mol. The molecule has 0 amide bonds. The molecule has 1 aliphatic heterocycles. The van der Waals surface area contributed by atoms with E-state index in [4.69, 9.17) is 0 Å². The maximum Gasteiger partial charge on any atom is 0.246 e. The Kier molecular flexibility index (Phi) is 5.63. The van der Waals surface area contributed by atoms with Crippen molar-refractivity contribution in [3.05, 3.63) is 72.1 Å². The number of sulfonamides is 1. The van der Waals surface area contributed by atoms with Crippen molar-refractivity contribution in [3.8, 4) is 0 Å². The Morgan fingerprint density at radius 1 is 1.00 bits per heavy atom. The molecule has 0 bridgehead atoms. The fourth-order valence-electron chi connectivity index (χ4n) is 2.97. The third-order valence-electron chi connectivity index (χ3n) is 4.40. The number of hydrogen-bond acceptors (Lipinski definition) is 2. The van der Waals surface area contributed by atoms with Crippen LogP contribution in [0.1, 0.15) is 5.56 Å². The molecule has 0 unspecified atom stereocenters. The summed E-state index contributed by atoms with van der Waals surface area (Å²) in [6, 6.07) is 15.6. The van der Waals surface area contributed by atoms with Crippen LogP contribution in [0.3, 0.4) is 0 Å². The van der Waals surface area contributed by atoms with Crippen LogP contribution in [-0.4, -0.2) is 45.4 Å².